The molecule has 0 spiro atoms. The highest BCUT2D eigenvalue weighted by Crippen LogP contribution is 2.24. The topological polar surface area (TPSA) is 29.5 Å². The summed E-state index contributed by atoms with van der Waals surface area (Å²) >= 11 is 0. The van der Waals surface area contributed by atoms with Crippen LogP contribution < -0.4 is 4.74 Å². The minimum absolute atomic E-state index is 0.305. The second-order valence-electron chi connectivity index (χ2n) is 9.64. The van der Waals surface area contributed by atoms with Gasteiger partial charge in [-0.1, -0.05) is 52.7 Å². The van der Waals surface area contributed by atoms with Gasteiger partial charge in [0.25, 0.3) is 5.91 Å². The van der Waals surface area contributed by atoms with E-state index in [0.717, 1.165) is 75.0 Å². The molecule has 0 heterocycles. The maximum absolute atomic E-state index is 12.9. The maximum atomic E-state index is 12.9. The molecule has 0 aliphatic carbocycles. The molecule has 4 nitrogen and oxygen atoms in total. The number of carbonyl (C=O) groups is 1. The Balaban J connectivity index is 2.43. The summed E-state index contributed by atoms with van der Waals surface area (Å²) in [5.41, 5.74) is 2.52. The van der Waals surface area contributed by atoms with E-state index in [-0.39, 0.29) is 0 Å². The minimum atomic E-state index is 0.305. The van der Waals surface area contributed by atoms with E-state index in [9.17, 15) is 4.79 Å². The number of amides is 1. The zero-order valence-corrected chi connectivity index (χ0v) is 20.8. The number of hydrogen-bond acceptors (Lipinski definition) is 2. The largest absolute Gasteiger partial charge is 0.493 e. The molecule has 30 heavy (non-hydrogen) atoms. The maximum Gasteiger partial charge on any atom is 0.277 e. The fraction of sp³-hybridized carbons (Fsp3) is 0.731. The van der Waals surface area contributed by atoms with Crippen molar-refractivity contribution in [3.05, 3.63) is 29.3 Å². The lowest BCUT2D eigenvalue weighted by Gasteiger charge is -2.32. The number of aryl methyl sites for hydroxylation is 1. The molecule has 1 aromatic rings. The van der Waals surface area contributed by atoms with Gasteiger partial charge in [-0.15, -0.1) is 0 Å². The van der Waals surface area contributed by atoms with E-state index in [1.165, 1.54) is 11.1 Å². The SMILES string of the molecule is CCCCN(CCCC)C(=O)C[N+](C)(C)CCCCOc1cc(C(C)C)ccc1C. The molecule has 0 radical (unpaired) electrons. The van der Waals surface area contributed by atoms with Gasteiger partial charge in [-0.05, 0) is 55.7 Å². The molecule has 1 rings (SSSR count). The highest BCUT2D eigenvalue weighted by atomic mass is 16.5. The highest BCUT2D eigenvalue weighted by Gasteiger charge is 2.23. The third-order valence-corrected chi connectivity index (χ3v) is 5.77. The minimum Gasteiger partial charge on any atom is -0.493 e. The van der Waals surface area contributed by atoms with E-state index < -0.39 is 0 Å². The molecule has 1 amide bonds. The molecule has 0 aliphatic rings. The van der Waals surface area contributed by atoms with E-state index in [1.807, 2.05) is 0 Å². The lowest BCUT2D eigenvalue weighted by atomic mass is 10.0. The van der Waals surface area contributed by atoms with Gasteiger partial charge in [-0.25, -0.2) is 0 Å². The van der Waals surface area contributed by atoms with Crippen molar-refractivity contribution in [2.24, 2.45) is 0 Å². The Morgan fingerprint density at radius 2 is 1.67 bits per heavy atom. The molecule has 0 bridgehead atoms. The van der Waals surface area contributed by atoms with Crippen LogP contribution in [0.3, 0.4) is 0 Å². The van der Waals surface area contributed by atoms with E-state index in [2.05, 4.69) is 71.8 Å². The molecule has 0 aromatic heterocycles. The summed E-state index contributed by atoms with van der Waals surface area (Å²) in [5.74, 6) is 1.82. The highest BCUT2D eigenvalue weighted by molar-refractivity contribution is 5.77. The summed E-state index contributed by atoms with van der Waals surface area (Å²) in [4.78, 5) is 14.9. The van der Waals surface area contributed by atoms with Gasteiger partial charge < -0.3 is 14.1 Å². The average Bonchev–Trinajstić information content (AvgIpc) is 2.68. The molecule has 0 aliphatic heterocycles. The quantitative estimate of drug-likeness (QED) is 0.266. The lowest BCUT2D eigenvalue weighted by molar-refractivity contribution is -0.883. The summed E-state index contributed by atoms with van der Waals surface area (Å²) in [6, 6.07) is 6.52. The van der Waals surface area contributed by atoms with Gasteiger partial charge in [0.05, 0.1) is 27.2 Å². The van der Waals surface area contributed by atoms with E-state index in [1.54, 1.807) is 0 Å². The van der Waals surface area contributed by atoms with Crippen molar-refractivity contribution in [3.63, 3.8) is 0 Å². The van der Waals surface area contributed by atoms with Gasteiger partial charge in [0, 0.05) is 13.1 Å². The summed E-state index contributed by atoms with van der Waals surface area (Å²) in [6.07, 6.45) is 6.53. The number of nitrogens with zero attached hydrogens (tertiary/aromatic N) is 2. The standard InChI is InChI=1S/C26H47N2O2/c1-8-10-16-27(17-11-9-2)26(29)21-28(6,7)18-12-13-19-30-25-20-24(22(3)4)15-14-23(25)5/h14-15,20,22H,8-13,16-19,21H2,1-7H3/q+1. The normalized spacial score (nSPS) is 11.7. The van der Waals surface area contributed by atoms with Crippen LogP contribution in [0.2, 0.25) is 0 Å². The van der Waals surface area contributed by atoms with E-state index >= 15 is 0 Å². The van der Waals surface area contributed by atoms with Crippen molar-refractivity contribution in [2.45, 2.75) is 79.1 Å². The van der Waals surface area contributed by atoms with Crippen molar-refractivity contribution in [3.8, 4) is 5.75 Å². The van der Waals surface area contributed by atoms with Gasteiger partial charge in [0.15, 0.2) is 6.54 Å². The van der Waals surface area contributed by atoms with E-state index in [4.69, 9.17) is 4.74 Å². The summed E-state index contributed by atoms with van der Waals surface area (Å²) in [6.45, 7) is 15.0. The Kier molecular flexibility index (Phi) is 12.1. The van der Waals surface area contributed by atoms with Crippen LogP contribution in [-0.4, -0.2) is 62.2 Å². The second kappa shape index (κ2) is 13.7. The van der Waals surface area contributed by atoms with Crippen molar-refractivity contribution in [2.75, 3.05) is 46.9 Å². The lowest BCUT2D eigenvalue weighted by Crippen LogP contribution is -2.49. The molecule has 0 saturated carbocycles. The van der Waals surface area contributed by atoms with Crippen molar-refractivity contribution < 1.29 is 14.0 Å². The fourth-order valence-corrected chi connectivity index (χ4v) is 3.56. The van der Waals surface area contributed by atoms with Gasteiger partial charge in [-0.3, -0.25) is 4.79 Å². The van der Waals surface area contributed by atoms with Crippen molar-refractivity contribution in [1.29, 1.82) is 0 Å². The number of rotatable bonds is 15. The zero-order valence-electron chi connectivity index (χ0n) is 20.8. The Bertz CT molecular complexity index is 617. The first-order chi connectivity index (χ1) is 14.2. The Morgan fingerprint density at radius 1 is 1.03 bits per heavy atom. The van der Waals surface area contributed by atoms with Crippen LogP contribution in [-0.2, 0) is 4.79 Å². The van der Waals surface area contributed by atoms with Crippen LogP contribution >= 0.6 is 0 Å². The van der Waals surface area contributed by atoms with Crippen LogP contribution in [0.25, 0.3) is 0 Å². The smallest absolute Gasteiger partial charge is 0.277 e. The number of quaternary nitrogens is 1. The molecule has 4 heteroatoms. The molecule has 1 aromatic carbocycles. The first-order valence-electron chi connectivity index (χ1n) is 12.0. The van der Waals surface area contributed by atoms with Gasteiger partial charge in [-0.2, -0.15) is 0 Å². The van der Waals surface area contributed by atoms with Crippen LogP contribution in [0.4, 0.5) is 0 Å². The zero-order chi connectivity index (χ0) is 22.6. The Labute approximate surface area is 186 Å². The first kappa shape index (κ1) is 26.5. The number of hydrogen-bond donors (Lipinski definition) is 0. The summed E-state index contributed by atoms with van der Waals surface area (Å²) < 4.78 is 6.81. The molecule has 0 unspecified atom stereocenters. The molecule has 0 fully saturated rings. The molecular weight excluding hydrogens is 372 g/mol. The van der Waals surface area contributed by atoms with Crippen LogP contribution in [0.1, 0.15) is 83.3 Å². The predicted molar refractivity (Wildman–Crippen MR) is 128 cm³/mol. The van der Waals surface area contributed by atoms with Gasteiger partial charge >= 0.3 is 0 Å². The fourth-order valence-electron chi connectivity index (χ4n) is 3.56. The summed E-state index contributed by atoms with van der Waals surface area (Å²) in [7, 11) is 4.35. The average molecular weight is 420 g/mol. The molecular formula is C26H47N2O2+. The summed E-state index contributed by atoms with van der Waals surface area (Å²) in [5, 5.41) is 0. The van der Waals surface area contributed by atoms with Crippen molar-refractivity contribution >= 4 is 5.91 Å². The van der Waals surface area contributed by atoms with Crippen LogP contribution in [0, 0.1) is 6.92 Å². The van der Waals surface area contributed by atoms with Crippen LogP contribution in [0.15, 0.2) is 18.2 Å². The van der Waals surface area contributed by atoms with Crippen LogP contribution in [0.5, 0.6) is 5.75 Å². The van der Waals surface area contributed by atoms with Gasteiger partial charge in [0.2, 0.25) is 0 Å². The first-order valence-corrected chi connectivity index (χ1v) is 12.0. The Hall–Kier alpha value is -1.55. The Morgan fingerprint density at radius 3 is 2.23 bits per heavy atom. The number of unbranched alkanes of at least 4 members (excludes halogenated alkanes) is 3. The monoisotopic (exact) mass is 419 g/mol. The third-order valence-electron chi connectivity index (χ3n) is 5.77. The van der Waals surface area contributed by atoms with E-state index in [0.29, 0.717) is 18.4 Å². The number of carbonyl (C=O) groups excluding carboxylic acids is 1. The second-order valence-corrected chi connectivity index (χ2v) is 9.64. The molecule has 0 N–H and O–H groups in total. The third kappa shape index (κ3) is 9.97. The number of likely N-dealkylation sites (N-methyl/N-ethyl adjacent to an activating group) is 1. The predicted octanol–water partition coefficient (Wildman–Crippen LogP) is 5.78. The van der Waals surface area contributed by atoms with Crippen molar-refractivity contribution in [1.82, 2.24) is 4.90 Å². The number of ether oxygens (including phenoxy) is 1. The van der Waals surface area contributed by atoms with Gasteiger partial charge in [0.1, 0.15) is 5.75 Å². The molecule has 0 atom stereocenters. The molecule has 0 saturated heterocycles. The molecule has 172 valence electrons. The number of benzene rings is 1.